The number of hydrogen-bond donors (Lipinski definition) is 3. The molecule has 0 saturated carbocycles. The number of fused-ring (bicyclic) bond motifs is 1. The summed E-state index contributed by atoms with van der Waals surface area (Å²) in [4.78, 5) is 15.7. The number of carbonyl (C=O) groups excluding carboxylic acids is 1. The molecule has 5 rings (SSSR count). The molecule has 2 aliphatic heterocycles. The van der Waals surface area contributed by atoms with Crippen molar-refractivity contribution in [2.75, 3.05) is 25.4 Å². The quantitative estimate of drug-likeness (QED) is 0.659. The summed E-state index contributed by atoms with van der Waals surface area (Å²) in [5.41, 5.74) is 9.36. The number of rotatable bonds is 3. The molecule has 2 aliphatic rings. The summed E-state index contributed by atoms with van der Waals surface area (Å²) in [6, 6.07) is 20.1. The molecule has 4 N–H and O–H groups in total. The zero-order valence-corrected chi connectivity index (χ0v) is 15.5. The number of aromatic amines is 1. The van der Waals surface area contributed by atoms with E-state index < -0.39 is 0 Å². The lowest BCUT2D eigenvalue weighted by Gasteiger charge is -2.28. The summed E-state index contributed by atoms with van der Waals surface area (Å²) in [7, 11) is 0. The molecule has 2 saturated heterocycles. The van der Waals surface area contributed by atoms with Crippen LogP contribution in [0.4, 0.5) is 5.82 Å². The smallest absolute Gasteiger partial charge is 0.273 e. The molecule has 1 amide bonds. The Balaban J connectivity index is 1.55. The first-order valence-corrected chi connectivity index (χ1v) is 9.70. The second-order valence-electron chi connectivity index (χ2n) is 7.62. The topological polar surface area (TPSA) is 87.0 Å². The van der Waals surface area contributed by atoms with Crippen LogP contribution in [0.3, 0.4) is 0 Å². The van der Waals surface area contributed by atoms with Gasteiger partial charge in [-0.1, -0.05) is 60.7 Å². The van der Waals surface area contributed by atoms with Crippen LogP contribution in [0.2, 0.25) is 0 Å². The summed E-state index contributed by atoms with van der Waals surface area (Å²) in [5.74, 6) is 1.21. The molecule has 1 aromatic heterocycles. The Morgan fingerprint density at radius 3 is 2.50 bits per heavy atom. The highest BCUT2D eigenvalue weighted by Crippen LogP contribution is 2.44. The number of H-pyrrole nitrogens is 1. The van der Waals surface area contributed by atoms with Crippen molar-refractivity contribution in [1.82, 2.24) is 20.4 Å². The second kappa shape index (κ2) is 6.80. The molecule has 6 heteroatoms. The molecule has 0 spiro atoms. The van der Waals surface area contributed by atoms with Crippen molar-refractivity contribution >= 4 is 11.7 Å². The molecule has 0 bridgehead atoms. The average Bonchev–Trinajstić information content (AvgIpc) is 3.43. The maximum Gasteiger partial charge on any atom is 0.273 e. The molecular formula is C22H23N5O. The van der Waals surface area contributed by atoms with Crippen LogP contribution in [-0.4, -0.2) is 40.6 Å². The number of hydrogen-bond acceptors (Lipinski definition) is 4. The normalized spacial score (nSPS) is 23.7. The van der Waals surface area contributed by atoms with Crippen LogP contribution in [0.5, 0.6) is 0 Å². The van der Waals surface area contributed by atoms with Gasteiger partial charge >= 0.3 is 0 Å². The number of aromatic nitrogens is 2. The maximum atomic E-state index is 13.6. The van der Waals surface area contributed by atoms with Crippen molar-refractivity contribution < 1.29 is 4.79 Å². The van der Waals surface area contributed by atoms with Gasteiger partial charge in [0.15, 0.2) is 5.82 Å². The highest BCUT2D eigenvalue weighted by atomic mass is 16.2. The molecule has 28 heavy (non-hydrogen) atoms. The Morgan fingerprint density at radius 2 is 1.75 bits per heavy atom. The van der Waals surface area contributed by atoms with Gasteiger partial charge in [0.1, 0.15) is 5.69 Å². The van der Waals surface area contributed by atoms with E-state index in [0.717, 1.165) is 25.2 Å². The molecule has 6 nitrogen and oxygen atoms in total. The SMILES string of the molecule is Nc1n[nH]c(C(=O)N2C[C@@H]3CNC[C@@H]3[C@@H]2c2ccccc2)c1-c1ccccc1. The van der Waals surface area contributed by atoms with Crippen LogP contribution in [0, 0.1) is 11.8 Å². The Kier molecular flexibility index (Phi) is 4.13. The monoisotopic (exact) mass is 373 g/mol. The fourth-order valence-electron chi connectivity index (χ4n) is 4.76. The van der Waals surface area contributed by atoms with Gasteiger partial charge in [-0.05, 0) is 17.0 Å². The summed E-state index contributed by atoms with van der Waals surface area (Å²) in [5, 5.41) is 10.5. The highest BCUT2D eigenvalue weighted by Gasteiger charge is 2.47. The number of benzene rings is 2. The third-order valence-corrected chi connectivity index (χ3v) is 6.04. The summed E-state index contributed by atoms with van der Waals surface area (Å²) >= 11 is 0. The van der Waals surface area contributed by atoms with Crippen molar-refractivity contribution in [2.45, 2.75) is 6.04 Å². The number of likely N-dealkylation sites (tertiary alicyclic amines) is 1. The van der Waals surface area contributed by atoms with Gasteiger partial charge in [0.2, 0.25) is 0 Å². The molecule has 2 fully saturated rings. The number of amides is 1. The van der Waals surface area contributed by atoms with E-state index in [1.807, 2.05) is 53.4 Å². The van der Waals surface area contributed by atoms with Gasteiger partial charge in [-0.3, -0.25) is 9.89 Å². The van der Waals surface area contributed by atoms with Crippen LogP contribution in [0.1, 0.15) is 22.1 Å². The van der Waals surface area contributed by atoms with E-state index in [2.05, 4.69) is 27.6 Å². The lowest BCUT2D eigenvalue weighted by atomic mass is 9.89. The standard InChI is InChI=1S/C22H23N5O/c23-21-18(14-7-3-1-4-8-14)19(25-26-21)22(28)27-13-16-11-24-12-17(16)20(27)15-9-5-2-6-10-15/h1-10,16-17,20,24H,11-13H2,(H3,23,25,26)/t16-,17-,20-/m0/s1. The number of nitrogen functional groups attached to an aromatic ring is 1. The van der Waals surface area contributed by atoms with Crippen molar-refractivity contribution in [2.24, 2.45) is 11.8 Å². The van der Waals surface area contributed by atoms with Crippen molar-refractivity contribution in [3.63, 3.8) is 0 Å². The highest BCUT2D eigenvalue weighted by molar-refractivity contribution is 6.02. The van der Waals surface area contributed by atoms with Crippen molar-refractivity contribution in [3.8, 4) is 11.1 Å². The van der Waals surface area contributed by atoms with Gasteiger partial charge in [-0.25, -0.2) is 0 Å². The first-order valence-electron chi connectivity index (χ1n) is 9.70. The molecule has 3 atom stereocenters. The van der Waals surface area contributed by atoms with E-state index in [0.29, 0.717) is 28.9 Å². The van der Waals surface area contributed by atoms with Gasteiger partial charge in [-0.15, -0.1) is 0 Å². The number of nitrogens with two attached hydrogens (primary N) is 1. The Bertz CT molecular complexity index is 985. The number of anilines is 1. The molecule has 0 radical (unpaired) electrons. The third kappa shape index (κ3) is 2.68. The zero-order valence-electron chi connectivity index (χ0n) is 15.5. The van der Waals surface area contributed by atoms with Crippen LogP contribution < -0.4 is 11.1 Å². The Hall–Kier alpha value is -3.12. The Labute approximate surface area is 163 Å². The first kappa shape index (κ1) is 17.0. The van der Waals surface area contributed by atoms with E-state index in [1.165, 1.54) is 5.56 Å². The summed E-state index contributed by atoms with van der Waals surface area (Å²) in [6.07, 6.45) is 0. The van der Waals surface area contributed by atoms with Crippen molar-refractivity contribution in [1.29, 1.82) is 0 Å². The van der Waals surface area contributed by atoms with Gasteiger partial charge in [0.05, 0.1) is 11.6 Å². The maximum absolute atomic E-state index is 13.6. The second-order valence-corrected chi connectivity index (χ2v) is 7.62. The number of nitrogens with zero attached hydrogens (tertiary/aromatic N) is 2. The van der Waals surface area contributed by atoms with E-state index >= 15 is 0 Å². The molecule has 0 aliphatic carbocycles. The molecule has 142 valence electrons. The van der Waals surface area contributed by atoms with Gasteiger partial charge < -0.3 is 16.0 Å². The fraction of sp³-hybridized carbons (Fsp3) is 0.273. The van der Waals surface area contributed by atoms with Crippen LogP contribution in [0.15, 0.2) is 60.7 Å². The van der Waals surface area contributed by atoms with Gasteiger partial charge in [-0.2, -0.15) is 5.10 Å². The van der Waals surface area contributed by atoms with Gasteiger partial charge in [0.25, 0.3) is 5.91 Å². The van der Waals surface area contributed by atoms with Crippen LogP contribution in [-0.2, 0) is 0 Å². The van der Waals surface area contributed by atoms with Crippen molar-refractivity contribution in [3.05, 3.63) is 71.9 Å². The fourth-order valence-corrected chi connectivity index (χ4v) is 4.76. The lowest BCUT2D eigenvalue weighted by molar-refractivity contribution is 0.0709. The van der Waals surface area contributed by atoms with E-state index in [-0.39, 0.29) is 11.9 Å². The summed E-state index contributed by atoms with van der Waals surface area (Å²) < 4.78 is 0. The minimum absolute atomic E-state index is 0.0358. The van der Waals surface area contributed by atoms with Crippen LogP contribution in [0.25, 0.3) is 11.1 Å². The molecule has 0 unspecified atom stereocenters. The largest absolute Gasteiger partial charge is 0.382 e. The lowest BCUT2D eigenvalue weighted by Crippen LogP contribution is -2.35. The van der Waals surface area contributed by atoms with E-state index in [9.17, 15) is 4.79 Å². The average molecular weight is 373 g/mol. The predicted molar refractivity (Wildman–Crippen MR) is 109 cm³/mol. The van der Waals surface area contributed by atoms with E-state index in [4.69, 9.17) is 5.73 Å². The number of nitrogens with one attached hydrogen (secondary N) is 2. The minimum Gasteiger partial charge on any atom is -0.382 e. The molecule has 2 aromatic carbocycles. The third-order valence-electron chi connectivity index (χ3n) is 6.04. The molecular weight excluding hydrogens is 350 g/mol. The van der Waals surface area contributed by atoms with Crippen LogP contribution >= 0.6 is 0 Å². The number of carbonyl (C=O) groups is 1. The molecule has 3 heterocycles. The summed E-state index contributed by atoms with van der Waals surface area (Å²) in [6.45, 7) is 2.63. The zero-order chi connectivity index (χ0) is 19.1. The van der Waals surface area contributed by atoms with E-state index in [1.54, 1.807) is 0 Å². The molecule has 3 aromatic rings. The predicted octanol–water partition coefficient (Wildman–Crippen LogP) is 2.69. The first-order chi connectivity index (χ1) is 13.7. The Morgan fingerprint density at radius 1 is 1.04 bits per heavy atom. The minimum atomic E-state index is -0.0358. The van der Waals surface area contributed by atoms with Gasteiger partial charge in [0, 0.05) is 25.6 Å².